The number of rotatable bonds is 2. The van der Waals surface area contributed by atoms with Crippen LogP contribution >= 0.6 is 15.9 Å². The quantitative estimate of drug-likeness (QED) is 0.881. The lowest BCUT2D eigenvalue weighted by atomic mass is 9.85. The molecule has 2 rings (SSSR count). The fourth-order valence-electron chi connectivity index (χ4n) is 2.69. The molecule has 0 saturated heterocycles. The first-order valence-corrected chi connectivity index (χ1v) is 7.94. The predicted octanol–water partition coefficient (Wildman–Crippen LogP) is 4.19. The van der Waals surface area contributed by atoms with Crippen molar-refractivity contribution >= 4 is 21.8 Å². The number of hydrogen-bond acceptors (Lipinski definition) is 2. The number of carbonyl (C=O) groups is 1. The third-order valence-corrected chi connectivity index (χ3v) is 4.35. The molecule has 1 amide bonds. The van der Waals surface area contributed by atoms with Gasteiger partial charge in [-0.05, 0) is 31.0 Å². The minimum Gasteiger partial charge on any atom is -0.334 e. The van der Waals surface area contributed by atoms with Crippen LogP contribution in [0.25, 0.3) is 0 Å². The van der Waals surface area contributed by atoms with Gasteiger partial charge in [-0.25, -0.2) is 0 Å². The van der Waals surface area contributed by atoms with Crippen molar-refractivity contribution in [3.8, 4) is 6.07 Å². The van der Waals surface area contributed by atoms with Crippen molar-refractivity contribution in [3.63, 3.8) is 0 Å². The van der Waals surface area contributed by atoms with E-state index in [2.05, 4.69) is 27.3 Å². The first-order valence-electron chi connectivity index (χ1n) is 7.15. The molecule has 0 heterocycles. The zero-order valence-corrected chi connectivity index (χ0v) is 13.1. The molecule has 1 aromatic carbocycles. The molecule has 0 aromatic heterocycles. The van der Waals surface area contributed by atoms with Gasteiger partial charge in [0.1, 0.15) is 5.54 Å². The molecule has 1 aromatic rings. The third-order valence-electron chi connectivity index (χ3n) is 3.86. The Morgan fingerprint density at radius 3 is 2.45 bits per heavy atom. The Morgan fingerprint density at radius 1 is 1.20 bits per heavy atom. The number of halogens is 1. The summed E-state index contributed by atoms with van der Waals surface area (Å²) in [6.07, 6.45) is 7.05. The number of benzene rings is 1. The third kappa shape index (κ3) is 3.83. The zero-order valence-electron chi connectivity index (χ0n) is 11.5. The van der Waals surface area contributed by atoms with E-state index in [0.29, 0.717) is 5.56 Å². The molecule has 0 spiro atoms. The molecule has 0 bridgehead atoms. The maximum Gasteiger partial charge on any atom is 0.252 e. The van der Waals surface area contributed by atoms with E-state index in [9.17, 15) is 10.1 Å². The first-order chi connectivity index (χ1) is 9.65. The van der Waals surface area contributed by atoms with Crippen LogP contribution in [-0.4, -0.2) is 11.4 Å². The van der Waals surface area contributed by atoms with E-state index in [4.69, 9.17) is 0 Å². The van der Waals surface area contributed by atoms with E-state index in [1.165, 1.54) is 6.42 Å². The van der Waals surface area contributed by atoms with E-state index in [-0.39, 0.29) is 5.91 Å². The van der Waals surface area contributed by atoms with Gasteiger partial charge in [-0.1, -0.05) is 54.1 Å². The van der Waals surface area contributed by atoms with Crippen LogP contribution in [-0.2, 0) is 0 Å². The smallest absolute Gasteiger partial charge is 0.252 e. The largest absolute Gasteiger partial charge is 0.334 e. The van der Waals surface area contributed by atoms with Gasteiger partial charge in [-0.2, -0.15) is 5.26 Å². The van der Waals surface area contributed by atoms with Gasteiger partial charge in [-0.3, -0.25) is 4.79 Å². The molecule has 3 nitrogen and oxygen atoms in total. The van der Waals surface area contributed by atoms with Gasteiger partial charge in [0.2, 0.25) is 0 Å². The van der Waals surface area contributed by atoms with Crippen molar-refractivity contribution in [1.82, 2.24) is 5.32 Å². The molecule has 0 unspecified atom stereocenters. The number of carbonyl (C=O) groups excluding carboxylic acids is 1. The molecule has 1 N–H and O–H groups in total. The Bertz CT molecular complexity index is 513. The summed E-state index contributed by atoms with van der Waals surface area (Å²) in [4.78, 5) is 12.3. The van der Waals surface area contributed by atoms with Crippen LogP contribution in [0.2, 0.25) is 0 Å². The highest BCUT2D eigenvalue weighted by Gasteiger charge is 2.32. The van der Waals surface area contributed by atoms with Crippen molar-refractivity contribution in [3.05, 3.63) is 34.3 Å². The first kappa shape index (κ1) is 15.1. The van der Waals surface area contributed by atoms with Gasteiger partial charge in [0.05, 0.1) is 6.07 Å². The molecule has 1 saturated carbocycles. The summed E-state index contributed by atoms with van der Waals surface area (Å²) in [5.41, 5.74) is -0.101. The highest BCUT2D eigenvalue weighted by atomic mass is 79.9. The number of nitriles is 1. The molecule has 0 aliphatic heterocycles. The molecule has 106 valence electrons. The van der Waals surface area contributed by atoms with Crippen LogP contribution in [0, 0.1) is 11.3 Å². The van der Waals surface area contributed by atoms with E-state index in [0.717, 1.165) is 43.0 Å². The van der Waals surface area contributed by atoms with Gasteiger partial charge in [0, 0.05) is 10.0 Å². The lowest BCUT2D eigenvalue weighted by molar-refractivity contribution is 0.0907. The summed E-state index contributed by atoms with van der Waals surface area (Å²) in [6.45, 7) is 0. The number of amides is 1. The number of nitrogens with zero attached hydrogens (tertiary/aromatic N) is 1. The maximum atomic E-state index is 12.3. The zero-order chi connectivity index (χ0) is 14.4. The van der Waals surface area contributed by atoms with Crippen LogP contribution in [0.3, 0.4) is 0 Å². The van der Waals surface area contributed by atoms with Crippen LogP contribution in [0.1, 0.15) is 55.3 Å². The average molecular weight is 335 g/mol. The second-order valence-corrected chi connectivity index (χ2v) is 6.34. The van der Waals surface area contributed by atoms with Crippen molar-refractivity contribution in [2.24, 2.45) is 0 Å². The van der Waals surface area contributed by atoms with E-state index in [1.54, 1.807) is 12.1 Å². The van der Waals surface area contributed by atoms with Crippen molar-refractivity contribution in [2.75, 3.05) is 0 Å². The van der Waals surface area contributed by atoms with Gasteiger partial charge >= 0.3 is 0 Å². The molecule has 1 aliphatic rings. The lowest BCUT2D eigenvalue weighted by Gasteiger charge is -2.29. The summed E-state index contributed by atoms with van der Waals surface area (Å²) < 4.78 is 0.869. The van der Waals surface area contributed by atoms with Gasteiger partial charge < -0.3 is 5.32 Å². The van der Waals surface area contributed by atoms with Gasteiger partial charge in [0.15, 0.2) is 0 Å². The van der Waals surface area contributed by atoms with Crippen LogP contribution in [0.4, 0.5) is 0 Å². The molecule has 1 fully saturated rings. The monoisotopic (exact) mass is 334 g/mol. The number of hydrogen-bond donors (Lipinski definition) is 1. The topological polar surface area (TPSA) is 52.9 Å². The normalized spacial score (nSPS) is 18.4. The minimum absolute atomic E-state index is 0.159. The molecule has 0 atom stereocenters. The Morgan fingerprint density at radius 2 is 1.85 bits per heavy atom. The molecule has 20 heavy (non-hydrogen) atoms. The molecule has 1 aliphatic carbocycles. The van der Waals surface area contributed by atoms with E-state index >= 15 is 0 Å². The lowest BCUT2D eigenvalue weighted by Crippen LogP contribution is -2.47. The van der Waals surface area contributed by atoms with Crippen molar-refractivity contribution < 1.29 is 4.79 Å². The Balaban J connectivity index is 2.12. The fourth-order valence-corrected chi connectivity index (χ4v) is 3.09. The predicted molar refractivity (Wildman–Crippen MR) is 82.3 cm³/mol. The summed E-state index contributed by atoms with van der Waals surface area (Å²) in [5.74, 6) is -0.159. The van der Waals surface area contributed by atoms with Crippen molar-refractivity contribution in [1.29, 1.82) is 5.26 Å². The summed E-state index contributed by atoms with van der Waals surface area (Å²) in [7, 11) is 0. The van der Waals surface area contributed by atoms with Crippen molar-refractivity contribution in [2.45, 2.75) is 50.5 Å². The second-order valence-electron chi connectivity index (χ2n) is 5.43. The van der Waals surface area contributed by atoms with E-state index in [1.807, 2.05) is 12.1 Å². The summed E-state index contributed by atoms with van der Waals surface area (Å²) in [5, 5.41) is 12.5. The minimum atomic E-state index is -0.695. The van der Waals surface area contributed by atoms with Gasteiger partial charge in [0.25, 0.3) is 5.91 Å². The Labute approximate surface area is 128 Å². The SMILES string of the molecule is N#CC1(NC(=O)c2cccc(Br)c2)CCCCCCC1. The second kappa shape index (κ2) is 6.90. The summed E-state index contributed by atoms with van der Waals surface area (Å²) >= 11 is 3.36. The Hall–Kier alpha value is -1.34. The standard InChI is InChI=1S/C16H19BrN2O/c17-14-8-6-7-13(11-14)15(20)19-16(12-18)9-4-2-1-3-5-10-16/h6-8,11H,1-5,9-10H2,(H,19,20). The highest BCUT2D eigenvalue weighted by molar-refractivity contribution is 9.10. The average Bonchev–Trinajstić information content (AvgIpc) is 2.42. The molecular formula is C16H19BrN2O. The van der Waals surface area contributed by atoms with Gasteiger partial charge in [-0.15, -0.1) is 0 Å². The van der Waals surface area contributed by atoms with Crippen LogP contribution in [0.5, 0.6) is 0 Å². The van der Waals surface area contributed by atoms with E-state index < -0.39 is 5.54 Å². The van der Waals surface area contributed by atoms with Crippen LogP contribution < -0.4 is 5.32 Å². The van der Waals surface area contributed by atoms with Crippen LogP contribution in [0.15, 0.2) is 28.7 Å². The molecular weight excluding hydrogens is 316 g/mol. The fraction of sp³-hybridized carbons (Fsp3) is 0.500. The maximum absolute atomic E-state index is 12.3. The summed E-state index contributed by atoms with van der Waals surface area (Å²) in [6, 6.07) is 9.62. The molecule has 4 heteroatoms. The Kier molecular flexibility index (Phi) is 5.19. The number of nitrogens with one attached hydrogen (secondary N) is 1. The highest BCUT2D eigenvalue weighted by Crippen LogP contribution is 2.26. The molecule has 0 radical (unpaired) electrons.